The third kappa shape index (κ3) is 2.69. The van der Waals surface area contributed by atoms with Crippen molar-refractivity contribution >= 4 is 28.1 Å². The van der Waals surface area contributed by atoms with Crippen LogP contribution in [0.4, 0.5) is 4.39 Å². The lowest BCUT2D eigenvalue weighted by atomic mass is 10.1. The van der Waals surface area contributed by atoms with Gasteiger partial charge < -0.3 is 4.98 Å². The van der Waals surface area contributed by atoms with Crippen LogP contribution in [0.1, 0.15) is 30.5 Å². The number of H-pyrrole nitrogens is 1. The smallest absolute Gasteiger partial charge is 0.140 e. The average Bonchev–Trinajstić information content (AvgIpc) is 2.64. The van der Waals surface area contributed by atoms with Gasteiger partial charge in [-0.1, -0.05) is 18.6 Å². The zero-order chi connectivity index (χ0) is 14.1. The Kier molecular flexibility index (Phi) is 3.98. The number of rotatable bonds is 1. The van der Waals surface area contributed by atoms with Crippen LogP contribution in [0.25, 0.3) is 11.4 Å². The Balaban J connectivity index is 2.13. The molecule has 1 aromatic heterocycles. The molecule has 0 saturated heterocycles. The van der Waals surface area contributed by atoms with E-state index in [1.165, 1.54) is 42.7 Å². The van der Waals surface area contributed by atoms with E-state index >= 15 is 0 Å². The molecule has 1 aliphatic carbocycles. The SMILES string of the molecule is Fc1ccc(-c2nc(=S)c3c([nH]2)CCCCC3)c(Br)c1. The molecule has 0 spiro atoms. The molecule has 0 amide bonds. The number of benzene rings is 1. The summed E-state index contributed by atoms with van der Waals surface area (Å²) in [6.07, 6.45) is 5.58. The van der Waals surface area contributed by atoms with E-state index in [9.17, 15) is 4.39 Å². The van der Waals surface area contributed by atoms with Crippen LogP contribution >= 0.6 is 28.1 Å². The molecule has 1 N–H and O–H groups in total. The second-order valence-electron chi connectivity index (χ2n) is 5.03. The molecular weight excluding hydrogens is 339 g/mol. The molecule has 2 aromatic rings. The molecule has 0 unspecified atom stereocenters. The average molecular weight is 353 g/mol. The molecule has 0 aliphatic heterocycles. The van der Waals surface area contributed by atoms with Gasteiger partial charge in [-0.3, -0.25) is 0 Å². The van der Waals surface area contributed by atoms with Crippen molar-refractivity contribution in [3.05, 3.63) is 44.4 Å². The summed E-state index contributed by atoms with van der Waals surface area (Å²) in [5, 5.41) is 0. The second kappa shape index (κ2) is 5.74. The van der Waals surface area contributed by atoms with Gasteiger partial charge in [-0.2, -0.15) is 0 Å². The lowest BCUT2D eigenvalue weighted by Crippen LogP contribution is -2.02. The Labute approximate surface area is 130 Å². The first-order valence-corrected chi connectivity index (χ1v) is 7.93. The summed E-state index contributed by atoms with van der Waals surface area (Å²) in [6, 6.07) is 4.60. The van der Waals surface area contributed by atoms with Crippen molar-refractivity contribution in [2.75, 3.05) is 0 Å². The van der Waals surface area contributed by atoms with Crippen LogP contribution in [0.3, 0.4) is 0 Å². The van der Waals surface area contributed by atoms with Crippen LogP contribution in [0.15, 0.2) is 22.7 Å². The fourth-order valence-corrected chi connectivity index (χ4v) is 3.46. The number of aromatic amines is 1. The predicted octanol–water partition coefficient (Wildman–Crippen LogP) is 4.98. The normalized spacial score (nSPS) is 14.7. The lowest BCUT2D eigenvalue weighted by molar-refractivity contribution is 0.627. The van der Waals surface area contributed by atoms with Crippen molar-refractivity contribution in [2.45, 2.75) is 32.1 Å². The molecule has 1 aromatic carbocycles. The molecule has 0 saturated carbocycles. The first-order chi connectivity index (χ1) is 9.65. The van der Waals surface area contributed by atoms with Crippen LogP contribution in [-0.4, -0.2) is 9.97 Å². The maximum absolute atomic E-state index is 13.2. The van der Waals surface area contributed by atoms with Crippen molar-refractivity contribution in [1.82, 2.24) is 9.97 Å². The molecular formula is C15H14BrFN2S. The molecule has 0 bridgehead atoms. The van der Waals surface area contributed by atoms with Gasteiger partial charge in [0.15, 0.2) is 0 Å². The molecule has 3 rings (SSSR count). The van der Waals surface area contributed by atoms with Gasteiger partial charge in [0.1, 0.15) is 16.3 Å². The van der Waals surface area contributed by atoms with Gasteiger partial charge in [-0.05, 0) is 59.8 Å². The summed E-state index contributed by atoms with van der Waals surface area (Å²) >= 11 is 8.82. The van der Waals surface area contributed by atoms with E-state index in [0.29, 0.717) is 14.9 Å². The van der Waals surface area contributed by atoms with Gasteiger partial charge in [0.25, 0.3) is 0 Å². The zero-order valence-electron chi connectivity index (χ0n) is 10.9. The Morgan fingerprint density at radius 2 is 2.00 bits per heavy atom. The lowest BCUT2D eigenvalue weighted by Gasteiger charge is -2.10. The predicted molar refractivity (Wildman–Crippen MR) is 83.8 cm³/mol. The van der Waals surface area contributed by atoms with Gasteiger partial charge in [0.05, 0.1) is 0 Å². The Hall–Kier alpha value is -1.07. The molecule has 104 valence electrons. The van der Waals surface area contributed by atoms with Crippen LogP contribution in [0, 0.1) is 10.5 Å². The van der Waals surface area contributed by atoms with Crippen LogP contribution in [0.5, 0.6) is 0 Å². The van der Waals surface area contributed by atoms with Crippen molar-refractivity contribution < 1.29 is 4.39 Å². The number of aromatic nitrogens is 2. The minimum absolute atomic E-state index is 0.269. The highest BCUT2D eigenvalue weighted by atomic mass is 79.9. The minimum atomic E-state index is -0.269. The van der Waals surface area contributed by atoms with E-state index in [0.717, 1.165) is 18.4 Å². The molecule has 0 atom stereocenters. The van der Waals surface area contributed by atoms with Crippen molar-refractivity contribution in [3.63, 3.8) is 0 Å². The largest absolute Gasteiger partial charge is 0.343 e. The fraction of sp³-hybridized carbons (Fsp3) is 0.333. The molecule has 0 radical (unpaired) electrons. The molecule has 1 heterocycles. The summed E-state index contributed by atoms with van der Waals surface area (Å²) < 4.78 is 14.5. The van der Waals surface area contributed by atoms with E-state index in [2.05, 4.69) is 25.9 Å². The third-order valence-electron chi connectivity index (χ3n) is 3.64. The maximum atomic E-state index is 13.2. The summed E-state index contributed by atoms with van der Waals surface area (Å²) in [5.74, 6) is 0.441. The molecule has 5 heteroatoms. The monoisotopic (exact) mass is 352 g/mol. The number of hydrogen-bond acceptors (Lipinski definition) is 2. The molecule has 1 aliphatic rings. The Morgan fingerprint density at radius 1 is 1.20 bits per heavy atom. The quantitative estimate of drug-likeness (QED) is 0.579. The first-order valence-electron chi connectivity index (χ1n) is 6.72. The summed E-state index contributed by atoms with van der Waals surface area (Å²) in [4.78, 5) is 7.89. The van der Waals surface area contributed by atoms with Crippen molar-refractivity contribution in [3.8, 4) is 11.4 Å². The number of nitrogens with one attached hydrogen (secondary N) is 1. The first kappa shape index (κ1) is 13.9. The van der Waals surface area contributed by atoms with Gasteiger partial charge in [-0.25, -0.2) is 9.37 Å². The van der Waals surface area contributed by atoms with Crippen LogP contribution in [-0.2, 0) is 12.8 Å². The highest BCUT2D eigenvalue weighted by Crippen LogP contribution is 2.28. The summed E-state index contributed by atoms with van der Waals surface area (Å²) in [6.45, 7) is 0. The number of nitrogens with zero attached hydrogens (tertiary/aromatic N) is 1. The van der Waals surface area contributed by atoms with Gasteiger partial charge in [0, 0.05) is 21.3 Å². The van der Waals surface area contributed by atoms with E-state index < -0.39 is 0 Å². The topological polar surface area (TPSA) is 28.7 Å². The Morgan fingerprint density at radius 3 is 2.80 bits per heavy atom. The minimum Gasteiger partial charge on any atom is -0.343 e. The van der Waals surface area contributed by atoms with Crippen molar-refractivity contribution in [1.29, 1.82) is 0 Å². The number of hydrogen-bond donors (Lipinski definition) is 1. The second-order valence-corrected chi connectivity index (χ2v) is 6.27. The van der Waals surface area contributed by atoms with Gasteiger partial charge >= 0.3 is 0 Å². The van der Waals surface area contributed by atoms with Crippen molar-refractivity contribution in [2.24, 2.45) is 0 Å². The molecule has 2 nitrogen and oxygen atoms in total. The summed E-state index contributed by atoms with van der Waals surface area (Å²) in [5.41, 5.74) is 3.21. The Bertz CT molecular complexity index is 712. The number of aryl methyl sites for hydroxylation is 1. The molecule has 20 heavy (non-hydrogen) atoms. The van der Waals surface area contributed by atoms with E-state index in [1.54, 1.807) is 6.07 Å². The summed E-state index contributed by atoms with van der Waals surface area (Å²) in [7, 11) is 0. The zero-order valence-corrected chi connectivity index (χ0v) is 13.3. The maximum Gasteiger partial charge on any atom is 0.140 e. The molecule has 0 fully saturated rings. The van der Waals surface area contributed by atoms with E-state index in [-0.39, 0.29) is 5.82 Å². The highest BCUT2D eigenvalue weighted by molar-refractivity contribution is 9.10. The number of halogens is 2. The number of fused-ring (bicyclic) bond motifs is 1. The van der Waals surface area contributed by atoms with Crippen LogP contribution in [0.2, 0.25) is 0 Å². The van der Waals surface area contributed by atoms with Crippen LogP contribution < -0.4 is 0 Å². The fourth-order valence-electron chi connectivity index (χ4n) is 2.61. The van der Waals surface area contributed by atoms with E-state index in [4.69, 9.17) is 12.2 Å². The van der Waals surface area contributed by atoms with E-state index in [1.807, 2.05) is 0 Å². The van der Waals surface area contributed by atoms with Gasteiger partial charge in [-0.15, -0.1) is 0 Å². The van der Waals surface area contributed by atoms with Gasteiger partial charge in [0.2, 0.25) is 0 Å². The standard InChI is InChI=1S/C15H14BrFN2S/c16-12-8-9(17)6-7-10(12)14-18-13-5-3-1-2-4-11(13)15(20)19-14/h6-8H,1-5H2,(H,18,19,20). The highest BCUT2D eigenvalue weighted by Gasteiger charge is 2.14. The third-order valence-corrected chi connectivity index (χ3v) is 4.64.